The van der Waals surface area contributed by atoms with E-state index in [-0.39, 0.29) is 11.9 Å². The number of amides is 1. The summed E-state index contributed by atoms with van der Waals surface area (Å²) in [6.07, 6.45) is 3.54. The second kappa shape index (κ2) is 5.49. The van der Waals surface area contributed by atoms with Crippen LogP contribution in [0.3, 0.4) is 0 Å². The molecule has 3 nitrogen and oxygen atoms in total. The number of nitrogens with two attached hydrogens (primary N) is 1. The average molecular weight is 337 g/mol. The first-order chi connectivity index (χ1) is 9.56. The molecule has 1 aromatic rings. The molecule has 3 atom stereocenters. The molecule has 1 aromatic carbocycles. The van der Waals surface area contributed by atoms with Gasteiger partial charge >= 0.3 is 0 Å². The molecule has 0 radical (unpaired) electrons. The van der Waals surface area contributed by atoms with Gasteiger partial charge in [-0.3, -0.25) is 4.79 Å². The molecule has 1 amide bonds. The van der Waals surface area contributed by atoms with Gasteiger partial charge in [-0.1, -0.05) is 28.4 Å². The number of carbonyl (C=O) groups excluding carboxylic acids is 1. The minimum atomic E-state index is 0.146. The van der Waals surface area contributed by atoms with Crippen LogP contribution in [-0.2, 0) is 0 Å². The molecular formula is C16H21BrN2O. The number of carbonyl (C=O) groups is 1. The summed E-state index contributed by atoms with van der Waals surface area (Å²) in [5.74, 6) is 1.26. The lowest BCUT2D eigenvalue weighted by atomic mass is 9.78. The molecule has 1 saturated carbocycles. The molecule has 3 unspecified atom stereocenters. The molecule has 1 heterocycles. The van der Waals surface area contributed by atoms with Gasteiger partial charge in [0.1, 0.15) is 0 Å². The van der Waals surface area contributed by atoms with Gasteiger partial charge in [0.25, 0.3) is 5.91 Å². The summed E-state index contributed by atoms with van der Waals surface area (Å²) in [4.78, 5) is 14.6. The van der Waals surface area contributed by atoms with Gasteiger partial charge in [-0.05, 0) is 49.3 Å². The van der Waals surface area contributed by atoms with Gasteiger partial charge in [0.05, 0.1) is 0 Å². The molecule has 20 heavy (non-hydrogen) atoms. The van der Waals surface area contributed by atoms with E-state index in [0.29, 0.717) is 11.8 Å². The first-order valence-electron chi connectivity index (χ1n) is 7.37. The zero-order valence-corrected chi connectivity index (χ0v) is 13.4. The van der Waals surface area contributed by atoms with Crippen molar-refractivity contribution >= 4 is 21.8 Å². The number of likely N-dealkylation sites (tertiary alicyclic amines) is 1. The fraction of sp³-hybridized carbons (Fsp3) is 0.562. The van der Waals surface area contributed by atoms with Gasteiger partial charge < -0.3 is 10.6 Å². The molecule has 1 aliphatic carbocycles. The molecule has 2 aliphatic rings. The Balaban J connectivity index is 1.76. The van der Waals surface area contributed by atoms with E-state index in [0.717, 1.165) is 35.1 Å². The molecule has 1 aliphatic heterocycles. The van der Waals surface area contributed by atoms with E-state index >= 15 is 0 Å². The zero-order chi connectivity index (χ0) is 14.3. The summed E-state index contributed by atoms with van der Waals surface area (Å²) in [6.45, 7) is 3.74. The number of nitrogens with zero attached hydrogens (tertiary/aromatic N) is 1. The Morgan fingerprint density at radius 3 is 2.85 bits per heavy atom. The molecular weight excluding hydrogens is 316 g/mol. The minimum Gasteiger partial charge on any atom is -0.338 e. The highest BCUT2D eigenvalue weighted by Crippen LogP contribution is 2.36. The smallest absolute Gasteiger partial charge is 0.253 e. The number of fused-ring (bicyclic) bond motifs is 1. The standard InChI is InChI=1S/C16H21BrN2O/c1-10-5-6-11(7-14(10)17)16(20)19-8-12-3-2-4-15(18)13(12)9-19/h5-7,12-13,15H,2-4,8-9,18H2,1H3. The predicted molar refractivity (Wildman–Crippen MR) is 83.6 cm³/mol. The van der Waals surface area contributed by atoms with Gasteiger partial charge in [-0.2, -0.15) is 0 Å². The summed E-state index contributed by atoms with van der Waals surface area (Å²) in [5.41, 5.74) is 8.14. The van der Waals surface area contributed by atoms with Gasteiger partial charge in [0.15, 0.2) is 0 Å². The Morgan fingerprint density at radius 1 is 1.35 bits per heavy atom. The average Bonchev–Trinajstić information content (AvgIpc) is 2.86. The van der Waals surface area contributed by atoms with Crippen molar-refractivity contribution in [2.75, 3.05) is 13.1 Å². The van der Waals surface area contributed by atoms with Crippen molar-refractivity contribution in [1.29, 1.82) is 0 Å². The van der Waals surface area contributed by atoms with E-state index in [4.69, 9.17) is 5.73 Å². The largest absolute Gasteiger partial charge is 0.338 e. The molecule has 0 aromatic heterocycles. The fourth-order valence-corrected chi connectivity index (χ4v) is 3.97. The van der Waals surface area contributed by atoms with E-state index in [1.54, 1.807) is 0 Å². The lowest BCUT2D eigenvalue weighted by Crippen LogP contribution is -2.38. The van der Waals surface area contributed by atoms with Crippen molar-refractivity contribution in [3.63, 3.8) is 0 Å². The van der Waals surface area contributed by atoms with Gasteiger partial charge in [-0.15, -0.1) is 0 Å². The van der Waals surface area contributed by atoms with Crippen molar-refractivity contribution in [2.45, 2.75) is 32.2 Å². The van der Waals surface area contributed by atoms with E-state index in [1.807, 2.05) is 30.0 Å². The third-order valence-corrected chi connectivity index (χ3v) is 5.71. The maximum atomic E-state index is 12.6. The van der Waals surface area contributed by atoms with E-state index in [2.05, 4.69) is 15.9 Å². The Morgan fingerprint density at radius 2 is 2.15 bits per heavy atom. The monoisotopic (exact) mass is 336 g/mol. The van der Waals surface area contributed by atoms with Crippen molar-refractivity contribution < 1.29 is 4.79 Å². The Labute approximate surface area is 128 Å². The normalized spacial score (nSPS) is 29.4. The Bertz CT molecular complexity index is 531. The second-order valence-electron chi connectivity index (χ2n) is 6.19. The van der Waals surface area contributed by atoms with Crippen LogP contribution in [0.1, 0.15) is 35.2 Å². The summed E-state index contributed by atoms with van der Waals surface area (Å²) in [6, 6.07) is 6.12. The summed E-state index contributed by atoms with van der Waals surface area (Å²) in [7, 11) is 0. The van der Waals surface area contributed by atoms with Crippen LogP contribution in [0, 0.1) is 18.8 Å². The van der Waals surface area contributed by atoms with Crippen molar-refractivity contribution in [1.82, 2.24) is 4.90 Å². The van der Waals surface area contributed by atoms with Crippen molar-refractivity contribution in [3.8, 4) is 0 Å². The molecule has 108 valence electrons. The molecule has 2 fully saturated rings. The highest BCUT2D eigenvalue weighted by Gasteiger charge is 2.40. The Hall–Kier alpha value is -0.870. The lowest BCUT2D eigenvalue weighted by Gasteiger charge is -2.29. The van der Waals surface area contributed by atoms with Crippen LogP contribution in [0.4, 0.5) is 0 Å². The summed E-state index contributed by atoms with van der Waals surface area (Å²) in [5, 5.41) is 0. The number of rotatable bonds is 1. The predicted octanol–water partition coefficient (Wildman–Crippen LogP) is 2.96. The first kappa shape index (κ1) is 14.1. The van der Waals surface area contributed by atoms with Gasteiger partial charge in [-0.25, -0.2) is 0 Å². The van der Waals surface area contributed by atoms with Crippen molar-refractivity contribution in [3.05, 3.63) is 33.8 Å². The molecule has 4 heteroatoms. The van der Waals surface area contributed by atoms with E-state index in [9.17, 15) is 4.79 Å². The topological polar surface area (TPSA) is 46.3 Å². The first-order valence-corrected chi connectivity index (χ1v) is 8.16. The van der Waals surface area contributed by atoms with Crippen LogP contribution in [0.15, 0.2) is 22.7 Å². The van der Waals surface area contributed by atoms with Crippen LogP contribution in [0.25, 0.3) is 0 Å². The van der Waals surface area contributed by atoms with Crippen LogP contribution in [0.5, 0.6) is 0 Å². The minimum absolute atomic E-state index is 0.146. The summed E-state index contributed by atoms with van der Waals surface area (Å²) >= 11 is 3.50. The number of halogens is 1. The van der Waals surface area contributed by atoms with E-state index in [1.165, 1.54) is 12.8 Å². The van der Waals surface area contributed by atoms with Crippen LogP contribution >= 0.6 is 15.9 Å². The highest BCUT2D eigenvalue weighted by molar-refractivity contribution is 9.10. The molecule has 1 saturated heterocycles. The summed E-state index contributed by atoms with van der Waals surface area (Å²) < 4.78 is 0.997. The van der Waals surface area contributed by atoms with Crippen LogP contribution < -0.4 is 5.73 Å². The number of hydrogen-bond acceptors (Lipinski definition) is 2. The van der Waals surface area contributed by atoms with Gasteiger partial charge in [0.2, 0.25) is 0 Å². The zero-order valence-electron chi connectivity index (χ0n) is 11.8. The van der Waals surface area contributed by atoms with Gasteiger partial charge in [0, 0.05) is 29.2 Å². The number of hydrogen-bond donors (Lipinski definition) is 1. The molecule has 2 N–H and O–H groups in total. The second-order valence-corrected chi connectivity index (χ2v) is 7.05. The maximum absolute atomic E-state index is 12.6. The van der Waals surface area contributed by atoms with Crippen LogP contribution in [0.2, 0.25) is 0 Å². The van der Waals surface area contributed by atoms with Crippen LogP contribution in [-0.4, -0.2) is 29.9 Å². The maximum Gasteiger partial charge on any atom is 0.253 e. The molecule has 0 spiro atoms. The fourth-order valence-electron chi connectivity index (χ4n) is 3.59. The SMILES string of the molecule is Cc1ccc(C(=O)N2CC3CCCC(N)C3C2)cc1Br. The third kappa shape index (κ3) is 2.51. The quantitative estimate of drug-likeness (QED) is 0.856. The van der Waals surface area contributed by atoms with Crippen molar-refractivity contribution in [2.24, 2.45) is 17.6 Å². The Kier molecular flexibility index (Phi) is 3.87. The molecule has 3 rings (SSSR count). The molecule has 0 bridgehead atoms. The van der Waals surface area contributed by atoms with E-state index < -0.39 is 0 Å². The number of benzene rings is 1. The highest BCUT2D eigenvalue weighted by atomic mass is 79.9. The lowest BCUT2D eigenvalue weighted by molar-refractivity contribution is 0.0783. The third-order valence-electron chi connectivity index (χ3n) is 4.86. The number of aryl methyl sites for hydroxylation is 1.